The van der Waals surface area contributed by atoms with E-state index in [9.17, 15) is 14.5 Å². The van der Waals surface area contributed by atoms with Gasteiger partial charge in [0.2, 0.25) is 0 Å². The number of nitro benzene ring substituents is 1. The van der Waals surface area contributed by atoms with Gasteiger partial charge in [0, 0.05) is 18.7 Å². The van der Waals surface area contributed by atoms with Gasteiger partial charge in [0.1, 0.15) is 5.82 Å². The summed E-state index contributed by atoms with van der Waals surface area (Å²) in [5.41, 5.74) is 0.492. The lowest BCUT2D eigenvalue weighted by atomic mass is 10.0. The molecule has 3 aliphatic carbocycles. The molecule has 4 rings (SSSR count). The first-order chi connectivity index (χ1) is 9.63. The van der Waals surface area contributed by atoms with Gasteiger partial charge in [-0.1, -0.05) is 0 Å². The van der Waals surface area contributed by atoms with Gasteiger partial charge in [0.05, 0.1) is 11.0 Å². The van der Waals surface area contributed by atoms with E-state index in [-0.39, 0.29) is 5.69 Å². The topological polar surface area (TPSA) is 55.2 Å². The van der Waals surface area contributed by atoms with Crippen LogP contribution in [-0.2, 0) is 6.54 Å². The molecule has 1 N–H and O–H groups in total. The Labute approximate surface area is 116 Å². The molecule has 0 radical (unpaired) electrons. The minimum Gasteiger partial charge on any atom is -0.309 e. The van der Waals surface area contributed by atoms with Crippen molar-refractivity contribution in [3.8, 4) is 0 Å². The average molecular weight is 276 g/mol. The number of nitrogens with one attached hydrogen (secondary N) is 1. The number of non-ortho nitro benzene ring substituents is 1. The number of fused-ring (bicyclic) bond motifs is 5. The summed E-state index contributed by atoms with van der Waals surface area (Å²) in [6, 6.07) is 4.37. The highest BCUT2D eigenvalue weighted by atomic mass is 19.1. The lowest BCUT2D eigenvalue weighted by Gasteiger charge is -2.10. The summed E-state index contributed by atoms with van der Waals surface area (Å²) < 4.78 is 13.4. The third kappa shape index (κ3) is 1.84. The van der Waals surface area contributed by atoms with Crippen molar-refractivity contribution in [2.24, 2.45) is 23.7 Å². The molecule has 3 saturated carbocycles. The van der Waals surface area contributed by atoms with Crippen LogP contribution in [0.15, 0.2) is 18.2 Å². The number of hydrogen-bond donors (Lipinski definition) is 1. The predicted octanol–water partition coefficient (Wildman–Crippen LogP) is 2.87. The van der Waals surface area contributed by atoms with E-state index in [2.05, 4.69) is 5.32 Å². The molecule has 5 heteroatoms. The second-order valence-corrected chi connectivity index (χ2v) is 6.47. The van der Waals surface area contributed by atoms with E-state index < -0.39 is 10.7 Å². The molecule has 106 valence electrons. The summed E-state index contributed by atoms with van der Waals surface area (Å²) in [6.07, 6.45) is 4.14. The first-order valence-corrected chi connectivity index (χ1v) is 7.31. The number of halogens is 1. The summed E-state index contributed by atoms with van der Waals surface area (Å²) in [6.45, 7) is 0.524. The maximum atomic E-state index is 13.4. The molecule has 0 aromatic heterocycles. The van der Waals surface area contributed by atoms with Crippen molar-refractivity contribution in [3.05, 3.63) is 39.7 Å². The molecule has 4 atom stereocenters. The van der Waals surface area contributed by atoms with Gasteiger partial charge in [0.25, 0.3) is 5.69 Å². The lowest BCUT2D eigenvalue weighted by Crippen LogP contribution is -2.22. The first-order valence-electron chi connectivity index (χ1n) is 7.31. The lowest BCUT2D eigenvalue weighted by molar-refractivity contribution is -0.385. The zero-order chi connectivity index (χ0) is 13.9. The second kappa shape index (κ2) is 4.25. The van der Waals surface area contributed by atoms with E-state index in [1.54, 1.807) is 0 Å². The standard InChI is InChI=1S/C15H17FN2O2/c16-11-3-8(4-12(6-11)18(19)20)7-17-15-13-9-1-2-10(5-9)14(13)15/h3-4,6,9-10,13-15,17H,1-2,5,7H2. The third-order valence-electron chi connectivity index (χ3n) is 5.43. The van der Waals surface area contributed by atoms with Gasteiger partial charge < -0.3 is 5.32 Å². The summed E-state index contributed by atoms with van der Waals surface area (Å²) in [4.78, 5) is 10.2. The van der Waals surface area contributed by atoms with Crippen LogP contribution in [0.1, 0.15) is 24.8 Å². The maximum Gasteiger partial charge on any atom is 0.272 e. The number of nitro groups is 1. The van der Waals surface area contributed by atoms with Crippen LogP contribution in [0.2, 0.25) is 0 Å². The van der Waals surface area contributed by atoms with Gasteiger partial charge in [-0.05, 0) is 54.6 Å². The molecule has 2 bridgehead atoms. The summed E-state index contributed by atoms with van der Waals surface area (Å²) in [5.74, 6) is 2.88. The smallest absolute Gasteiger partial charge is 0.272 e. The van der Waals surface area contributed by atoms with Crippen molar-refractivity contribution >= 4 is 5.69 Å². The Bertz CT molecular complexity index is 561. The van der Waals surface area contributed by atoms with Crippen LogP contribution in [0.3, 0.4) is 0 Å². The normalized spacial score (nSPS) is 37.0. The molecule has 1 aromatic carbocycles. The van der Waals surface area contributed by atoms with E-state index in [1.165, 1.54) is 31.4 Å². The van der Waals surface area contributed by atoms with Crippen LogP contribution >= 0.6 is 0 Å². The van der Waals surface area contributed by atoms with Crippen molar-refractivity contribution in [3.63, 3.8) is 0 Å². The van der Waals surface area contributed by atoms with Crippen LogP contribution in [0.5, 0.6) is 0 Å². The van der Waals surface area contributed by atoms with Gasteiger partial charge >= 0.3 is 0 Å². The number of hydrogen-bond acceptors (Lipinski definition) is 3. The highest BCUT2D eigenvalue weighted by Gasteiger charge is 2.64. The Hall–Kier alpha value is -1.49. The van der Waals surface area contributed by atoms with Crippen LogP contribution in [0.25, 0.3) is 0 Å². The van der Waals surface area contributed by atoms with Crippen molar-refractivity contribution in [1.82, 2.24) is 5.32 Å². The Morgan fingerprint density at radius 2 is 1.95 bits per heavy atom. The number of nitrogens with zero attached hydrogens (tertiary/aromatic N) is 1. The van der Waals surface area contributed by atoms with Crippen molar-refractivity contribution in [2.75, 3.05) is 0 Å². The summed E-state index contributed by atoms with van der Waals surface area (Å²) in [5, 5.41) is 14.2. The molecule has 0 heterocycles. The minimum atomic E-state index is -0.543. The van der Waals surface area contributed by atoms with Crippen molar-refractivity contribution in [1.29, 1.82) is 0 Å². The highest BCUT2D eigenvalue weighted by molar-refractivity contribution is 5.35. The van der Waals surface area contributed by atoms with Crippen molar-refractivity contribution < 1.29 is 9.31 Å². The van der Waals surface area contributed by atoms with Crippen molar-refractivity contribution in [2.45, 2.75) is 31.8 Å². The fourth-order valence-corrected chi connectivity index (χ4v) is 4.67. The maximum absolute atomic E-state index is 13.4. The van der Waals surface area contributed by atoms with E-state index in [0.717, 1.165) is 29.7 Å². The highest BCUT2D eigenvalue weighted by Crippen LogP contribution is 2.65. The van der Waals surface area contributed by atoms with Gasteiger partial charge in [-0.15, -0.1) is 0 Å². The molecule has 0 spiro atoms. The molecule has 4 nitrogen and oxygen atoms in total. The van der Waals surface area contributed by atoms with Crippen LogP contribution < -0.4 is 5.32 Å². The first kappa shape index (κ1) is 12.3. The van der Waals surface area contributed by atoms with E-state index in [0.29, 0.717) is 18.2 Å². The largest absolute Gasteiger partial charge is 0.309 e. The van der Waals surface area contributed by atoms with E-state index >= 15 is 0 Å². The monoisotopic (exact) mass is 276 g/mol. The third-order valence-corrected chi connectivity index (χ3v) is 5.43. The molecule has 0 saturated heterocycles. The quantitative estimate of drug-likeness (QED) is 0.679. The van der Waals surface area contributed by atoms with Gasteiger partial charge in [0.15, 0.2) is 0 Å². The second-order valence-electron chi connectivity index (χ2n) is 6.47. The number of rotatable bonds is 4. The van der Waals surface area contributed by atoms with E-state index in [1.807, 2.05) is 0 Å². The zero-order valence-electron chi connectivity index (χ0n) is 11.1. The molecular formula is C15H17FN2O2. The Balaban J connectivity index is 1.42. The fraction of sp³-hybridized carbons (Fsp3) is 0.600. The SMILES string of the molecule is O=[N+]([O-])c1cc(F)cc(CNC2C3C4CCC(C4)C23)c1. The van der Waals surface area contributed by atoms with Gasteiger partial charge in [-0.3, -0.25) is 10.1 Å². The molecule has 1 aromatic rings. The molecule has 3 aliphatic rings. The molecule has 0 amide bonds. The van der Waals surface area contributed by atoms with Gasteiger partial charge in [-0.2, -0.15) is 0 Å². The summed E-state index contributed by atoms with van der Waals surface area (Å²) in [7, 11) is 0. The van der Waals surface area contributed by atoms with E-state index in [4.69, 9.17) is 0 Å². The van der Waals surface area contributed by atoms with Gasteiger partial charge in [-0.25, -0.2) is 4.39 Å². The Kier molecular flexibility index (Phi) is 2.61. The summed E-state index contributed by atoms with van der Waals surface area (Å²) >= 11 is 0. The Morgan fingerprint density at radius 1 is 1.25 bits per heavy atom. The minimum absolute atomic E-state index is 0.169. The molecule has 20 heavy (non-hydrogen) atoms. The fourth-order valence-electron chi connectivity index (χ4n) is 4.67. The molecule has 0 aliphatic heterocycles. The van der Waals surface area contributed by atoms with Crippen LogP contribution in [0.4, 0.5) is 10.1 Å². The van der Waals surface area contributed by atoms with Crippen LogP contribution in [0, 0.1) is 39.6 Å². The van der Waals surface area contributed by atoms with Crippen LogP contribution in [-0.4, -0.2) is 11.0 Å². The zero-order valence-corrected chi connectivity index (χ0v) is 11.1. The molecular weight excluding hydrogens is 259 g/mol. The number of benzene rings is 1. The Morgan fingerprint density at radius 3 is 2.60 bits per heavy atom. The molecule has 3 fully saturated rings. The average Bonchev–Trinajstić information content (AvgIpc) is 2.79. The molecule has 4 unspecified atom stereocenters. The predicted molar refractivity (Wildman–Crippen MR) is 71.5 cm³/mol.